The number of anilines is 2. The van der Waals surface area contributed by atoms with E-state index < -0.39 is 34.3 Å². The van der Waals surface area contributed by atoms with E-state index >= 15 is 0 Å². The summed E-state index contributed by atoms with van der Waals surface area (Å²) in [7, 11) is -3.79. The van der Waals surface area contributed by atoms with E-state index in [1.165, 1.54) is 24.3 Å². The second-order valence-corrected chi connectivity index (χ2v) is 8.04. The van der Waals surface area contributed by atoms with Gasteiger partial charge in [-0.3, -0.25) is 9.52 Å². The van der Waals surface area contributed by atoms with E-state index in [4.69, 9.17) is 4.74 Å². The van der Waals surface area contributed by atoms with Crippen molar-refractivity contribution in [3.8, 4) is 5.75 Å². The maximum Gasteiger partial charge on any atom is 0.416 e. The van der Waals surface area contributed by atoms with Gasteiger partial charge in [-0.15, -0.1) is 0 Å². The molecular weight excluding hydrogens is 433 g/mol. The number of ether oxygens (including phenoxy) is 1. The van der Waals surface area contributed by atoms with Crippen molar-refractivity contribution in [3.05, 3.63) is 84.4 Å². The molecule has 0 aliphatic carbocycles. The third-order valence-corrected chi connectivity index (χ3v) is 5.40. The smallest absolute Gasteiger partial charge is 0.416 e. The summed E-state index contributed by atoms with van der Waals surface area (Å²) in [5.41, 5.74) is -0.265. The van der Waals surface area contributed by atoms with Crippen LogP contribution in [0.3, 0.4) is 0 Å². The zero-order chi connectivity index (χ0) is 22.5. The molecule has 3 aromatic carbocycles. The summed E-state index contributed by atoms with van der Waals surface area (Å²) in [6, 6.07) is 17.8. The standard InChI is InChI=1S/C21H17F3N2O4S/c22-21(23,24)15-9-11-18(12-10-15)30-14-20(27)25-16-5-4-6-17(13-16)26-31(28,29)19-7-2-1-3-8-19/h1-13,26H,14H2,(H,25,27). The van der Waals surface area contributed by atoms with Crippen molar-refractivity contribution in [1.29, 1.82) is 0 Å². The highest BCUT2D eigenvalue weighted by Gasteiger charge is 2.30. The maximum atomic E-state index is 12.6. The number of nitrogens with one attached hydrogen (secondary N) is 2. The molecule has 0 atom stereocenters. The number of hydrogen-bond acceptors (Lipinski definition) is 4. The normalized spacial score (nSPS) is 11.6. The lowest BCUT2D eigenvalue weighted by molar-refractivity contribution is -0.137. The fourth-order valence-electron chi connectivity index (χ4n) is 2.56. The molecule has 0 saturated carbocycles. The van der Waals surface area contributed by atoms with Crippen LogP contribution in [0.2, 0.25) is 0 Å². The molecule has 0 heterocycles. The first kappa shape index (κ1) is 22.2. The first-order valence-corrected chi connectivity index (χ1v) is 10.4. The zero-order valence-electron chi connectivity index (χ0n) is 15.9. The lowest BCUT2D eigenvalue weighted by Crippen LogP contribution is -2.20. The molecule has 0 saturated heterocycles. The predicted octanol–water partition coefficient (Wildman–Crippen LogP) is 4.52. The number of amides is 1. The highest BCUT2D eigenvalue weighted by molar-refractivity contribution is 7.92. The number of halogens is 3. The molecule has 3 rings (SSSR count). The SMILES string of the molecule is O=C(COc1ccc(C(F)(F)F)cc1)Nc1cccc(NS(=O)(=O)c2ccccc2)c1. The Balaban J connectivity index is 1.58. The van der Waals surface area contributed by atoms with E-state index in [9.17, 15) is 26.4 Å². The molecule has 0 aliphatic heterocycles. The van der Waals surface area contributed by atoms with Crippen LogP contribution in [0.1, 0.15) is 5.56 Å². The third kappa shape index (κ3) is 6.22. The first-order chi connectivity index (χ1) is 14.6. The molecule has 0 spiro atoms. The van der Waals surface area contributed by atoms with Gasteiger partial charge >= 0.3 is 6.18 Å². The Bertz CT molecular complexity index is 1150. The Labute approximate surface area is 176 Å². The molecule has 0 aromatic heterocycles. The molecule has 0 unspecified atom stereocenters. The van der Waals surface area contributed by atoms with E-state index in [-0.39, 0.29) is 16.3 Å². The van der Waals surface area contributed by atoms with Gasteiger partial charge in [0.25, 0.3) is 15.9 Å². The van der Waals surface area contributed by atoms with Crippen LogP contribution in [0.5, 0.6) is 5.75 Å². The number of rotatable bonds is 7. The summed E-state index contributed by atoms with van der Waals surface area (Å²) in [4.78, 5) is 12.2. The van der Waals surface area contributed by atoms with Gasteiger partial charge in [0.15, 0.2) is 6.61 Å². The molecule has 31 heavy (non-hydrogen) atoms. The topological polar surface area (TPSA) is 84.5 Å². The van der Waals surface area contributed by atoms with Crippen molar-refractivity contribution in [2.75, 3.05) is 16.6 Å². The van der Waals surface area contributed by atoms with Gasteiger partial charge < -0.3 is 10.1 Å². The Morgan fingerprint density at radius 2 is 1.52 bits per heavy atom. The molecule has 10 heteroatoms. The number of benzene rings is 3. The minimum absolute atomic E-state index is 0.0920. The van der Waals surface area contributed by atoms with E-state index in [0.717, 1.165) is 24.3 Å². The molecule has 6 nitrogen and oxygen atoms in total. The van der Waals surface area contributed by atoms with E-state index in [0.29, 0.717) is 5.69 Å². The molecule has 0 fully saturated rings. The average Bonchev–Trinajstić information content (AvgIpc) is 2.72. The highest BCUT2D eigenvalue weighted by atomic mass is 32.2. The summed E-state index contributed by atoms with van der Waals surface area (Å²) in [5, 5.41) is 2.53. The lowest BCUT2D eigenvalue weighted by atomic mass is 10.2. The molecular formula is C21H17F3N2O4S. The summed E-state index contributed by atoms with van der Waals surface area (Å²) in [6.45, 7) is -0.439. The summed E-state index contributed by atoms with van der Waals surface area (Å²) < 4.78 is 70.1. The molecule has 0 radical (unpaired) electrons. The predicted molar refractivity (Wildman–Crippen MR) is 109 cm³/mol. The molecule has 0 aliphatic rings. The minimum atomic E-state index is -4.46. The van der Waals surface area contributed by atoms with Crippen molar-refractivity contribution in [3.63, 3.8) is 0 Å². The fraction of sp³-hybridized carbons (Fsp3) is 0.0952. The zero-order valence-corrected chi connectivity index (χ0v) is 16.7. The molecule has 1 amide bonds. The fourth-order valence-corrected chi connectivity index (χ4v) is 3.63. The maximum absolute atomic E-state index is 12.6. The van der Waals surface area contributed by atoms with Crippen molar-refractivity contribution in [2.24, 2.45) is 0 Å². The van der Waals surface area contributed by atoms with Crippen molar-refractivity contribution in [2.45, 2.75) is 11.1 Å². The summed E-state index contributed by atoms with van der Waals surface area (Å²) in [5.74, 6) is -0.463. The molecule has 0 bridgehead atoms. The van der Waals surface area contributed by atoms with E-state index in [1.54, 1.807) is 30.3 Å². The van der Waals surface area contributed by atoms with Gasteiger partial charge in [-0.25, -0.2) is 8.42 Å². The summed E-state index contributed by atoms with van der Waals surface area (Å²) in [6.07, 6.45) is -4.46. The Morgan fingerprint density at radius 1 is 0.871 bits per heavy atom. The van der Waals surface area contributed by atoms with Gasteiger partial charge in [0.1, 0.15) is 5.75 Å². The van der Waals surface area contributed by atoms with Crippen LogP contribution in [-0.2, 0) is 21.0 Å². The lowest BCUT2D eigenvalue weighted by Gasteiger charge is -2.11. The molecule has 3 aromatic rings. The number of carbonyl (C=O) groups excluding carboxylic acids is 1. The van der Waals surface area contributed by atoms with Crippen molar-refractivity contribution in [1.82, 2.24) is 0 Å². The van der Waals surface area contributed by atoms with Gasteiger partial charge in [0.05, 0.1) is 16.1 Å². The van der Waals surface area contributed by atoms with E-state index in [1.807, 2.05) is 0 Å². The minimum Gasteiger partial charge on any atom is -0.484 e. The Kier molecular flexibility index (Phi) is 6.50. The Morgan fingerprint density at radius 3 is 2.16 bits per heavy atom. The van der Waals surface area contributed by atoms with Crippen molar-refractivity contribution >= 4 is 27.3 Å². The van der Waals surface area contributed by atoms with E-state index in [2.05, 4.69) is 10.0 Å². The van der Waals surface area contributed by atoms with Crippen LogP contribution in [0.4, 0.5) is 24.5 Å². The summed E-state index contributed by atoms with van der Waals surface area (Å²) >= 11 is 0. The largest absolute Gasteiger partial charge is 0.484 e. The van der Waals surface area contributed by atoms with Crippen LogP contribution >= 0.6 is 0 Å². The van der Waals surface area contributed by atoms with Gasteiger partial charge in [0, 0.05) is 5.69 Å². The van der Waals surface area contributed by atoms with Gasteiger partial charge in [-0.2, -0.15) is 13.2 Å². The van der Waals surface area contributed by atoms with Crippen LogP contribution in [-0.4, -0.2) is 20.9 Å². The number of sulfonamides is 1. The monoisotopic (exact) mass is 450 g/mol. The molecule has 2 N–H and O–H groups in total. The highest BCUT2D eigenvalue weighted by Crippen LogP contribution is 2.30. The Hall–Kier alpha value is -3.53. The number of hydrogen-bond donors (Lipinski definition) is 2. The van der Waals surface area contributed by atoms with Gasteiger partial charge in [-0.05, 0) is 54.6 Å². The van der Waals surface area contributed by atoms with Crippen molar-refractivity contribution < 1.29 is 31.1 Å². The number of alkyl halides is 3. The van der Waals surface area contributed by atoms with Crippen LogP contribution < -0.4 is 14.8 Å². The quantitative estimate of drug-likeness (QED) is 0.554. The second-order valence-electron chi connectivity index (χ2n) is 6.36. The van der Waals surface area contributed by atoms with Crippen LogP contribution in [0, 0.1) is 0 Å². The van der Waals surface area contributed by atoms with Gasteiger partial charge in [-0.1, -0.05) is 24.3 Å². The number of carbonyl (C=O) groups is 1. The van der Waals surface area contributed by atoms with Crippen LogP contribution in [0.25, 0.3) is 0 Å². The molecule has 162 valence electrons. The second kappa shape index (κ2) is 9.09. The van der Waals surface area contributed by atoms with Gasteiger partial charge in [0.2, 0.25) is 0 Å². The third-order valence-electron chi connectivity index (χ3n) is 4.00. The van der Waals surface area contributed by atoms with Crippen LogP contribution in [0.15, 0.2) is 83.8 Å². The average molecular weight is 450 g/mol. The first-order valence-electron chi connectivity index (χ1n) is 8.91.